The van der Waals surface area contributed by atoms with E-state index in [4.69, 9.17) is 5.14 Å². The second-order valence-electron chi connectivity index (χ2n) is 5.67. The molecular weight excluding hydrogens is 286 g/mol. The minimum absolute atomic E-state index is 0.0151. The van der Waals surface area contributed by atoms with Gasteiger partial charge < -0.3 is 10.2 Å². The smallest absolute Gasteiger partial charge is 0.210 e. The van der Waals surface area contributed by atoms with E-state index in [1.807, 2.05) is 6.07 Å². The third-order valence-electron chi connectivity index (χ3n) is 3.97. The van der Waals surface area contributed by atoms with Crippen molar-refractivity contribution in [3.8, 4) is 0 Å². The monoisotopic (exact) mass is 311 g/mol. The lowest BCUT2D eigenvalue weighted by atomic mass is 10.0. The lowest BCUT2D eigenvalue weighted by Gasteiger charge is -2.32. The van der Waals surface area contributed by atoms with Gasteiger partial charge in [0.05, 0.1) is 5.75 Å². The SMILES string of the molecule is NS(=O)(=O)CCNC1CCN(CCc2ccccc2)CC1. The number of hydrogen-bond donors (Lipinski definition) is 2. The molecular formula is C15H25N3O2S. The number of nitrogens with two attached hydrogens (primary N) is 1. The third kappa shape index (κ3) is 6.56. The van der Waals surface area contributed by atoms with E-state index in [2.05, 4.69) is 34.5 Å². The highest BCUT2D eigenvalue weighted by molar-refractivity contribution is 7.89. The molecule has 1 aliphatic rings. The number of nitrogens with zero attached hydrogens (tertiary/aromatic N) is 1. The molecule has 1 fully saturated rings. The summed E-state index contributed by atoms with van der Waals surface area (Å²) in [6.07, 6.45) is 3.23. The van der Waals surface area contributed by atoms with Gasteiger partial charge in [0.25, 0.3) is 0 Å². The molecule has 1 aromatic carbocycles. The number of likely N-dealkylation sites (tertiary alicyclic amines) is 1. The normalized spacial score (nSPS) is 18.0. The molecule has 0 atom stereocenters. The molecule has 0 spiro atoms. The largest absolute Gasteiger partial charge is 0.313 e. The van der Waals surface area contributed by atoms with Gasteiger partial charge >= 0.3 is 0 Å². The van der Waals surface area contributed by atoms with Crippen molar-refractivity contribution >= 4 is 10.0 Å². The molecule has 0 aromatic heterocycles. The number of sulfonamides is 1. The summed E-state index contributed by atoms with van der Waals surface area (Å²) in [6, 6.07) is 11.0. The standard InChI is InChI=1S/C15H25N3O2S/c16-21(19,20)13-9-17-15-7-11-18(12-8-15)10-6-14-4-2-1-3-5-14/h1-5,15,17H,6-13H2,(H2,16,19,20). The Hall–Kier alpha value is -0.950. The molecule has 118 valence electrons. The van der Waals surface area contributed by atoms with Gasteiger partial charge in [-0.3, -0.25) is 0 Å². The molecule has 2 rings (SSSR count). The first-order chi connectivity index (χ1) is 10.0. The second kappa shape index (κ2) is 7.89. The minimum atomic E-state index is -3.35. The zero-order valence-electron chi connectivity index (χ0n) is 12.4. The summed E-state index contributed by atoms with van der Waals surface area (Å²) < 4.78 is 21.7. The van der Waals surface area contributed by atoms with E-state index in [9.17, 15) is 8.42 Å². The predicted octanol–water partition coefficient (Wildman–Crippen LogP) is 0.572. The summed E-state index contributed by atoms with van der Waals surface area (Å²) in [5, 5.41) is 8.28. The van der Waals surface area contributed by atoms with Crippen molar-refractivity contribution in [1.29, 1.82) is 0 Å². The van der Waals surface area contributed by atoms with E-state index in [1.165, 1.54) is 5.56 Å². The van der Waals surface area contributed by atoms with Crippen molar-refractivity contribution in [3.05, 3.63) is 35.9 Å². The Kier molecular flexibility index (Phi) is 6.17. The van der Waals surface area contributed by atoms with Crippen LogP contribution in [-0.2, 0) is 16.4 Å². The Morgan fingerprint density at radius 3 is 2.48 bits per heavy atom. The first kappa shape index (κ1) is 16.4. The lowest BCUT2D eigenvalue weighted by molar-refractivity contribution is 0.201. The highest BCUT2D eigenvalue weighted by Crippen LogP contribution is 2.11. The predicted molar refractivity (Wildman–Crippen MR) is 85.6 cm³/mol. The quantitative estimate of drug-likeness (QED) is 0.772. The third-order valence-corrected chi connectivity index (χ3v) is 4.74. The summed E-state index contributed by atoms with van der Waals surface area (Å²) in [7, 11) is -3.35. The molecule has 0 saturated carbocycles. The molecule has 5 nitrogen and oxygen atoms in total. The van der Waals surface area contributed by atoms with Crippen molar-refractivity contribution in [3.63, 3.8) is 0 Å². The van der Waals surface area contributed by atoms with Crippen LogP contribution < -0.4 is 10.5 Å². The lowest BCUT2D eigenvalue weighted by Crippen LogP contribution is -2.44. The average molecular weight is 311 g/mol. The van der Waals surface area contributed by atoms with Crippen LogP contribution in [0.25, 0.3) is 0 Å². The van der Waals surface area contributed by atoms with Crippen LogP contribution in [0.5, 0.6) is 0 Å². The number of rotatable bonds is 7. The number of nitrogens with one attached hydrogen (secondary N) is 1. The van der Waals surface area contributed by atoms with Crippen molar-refractivity contribution in [2.24, 2.45) is 5.14 Å². The van der Waals surface area contributed by atoms with Gasteiger partial charge in [-0.1, -0.05) is 30.3 Å². The zero-order valence-corrected chi connectivity index (χ0v) is 13.2. The van der Waals surface area contributed by atoms with E-state index in [0.717, 1.165) is 38.9 Å². The highest BCUT2D eigenvalue weighted by Gasteiger charge is 2.18. The first-order valence-electron chi connectivity index (χ1n) is 7.53. The molecule has 1 aliphatic heterocycles. The summed E-state index contributed by atoms with van der Waals surface area (Å²) in [5.41, 5.74) is 1.38. The van der Waals surface area contributed by atoms with E-state index < -0.39 is 10.0 Å². The molecule has 1 aromatic rings. The van der Waals surface area contributed by atoms with Crippen LogP contribution in [0.15, 0.2) is 30.3 Å². The Morgan fingerprint density at radius 2 is 1.86 bits per heavy atom. The van der Waals surface area contributed by atoms with Crippen LogP contribution in [0.1, 0.15) is 18.4 Å². The fourth-order valence-electron chi connectivity index (χ4n) is 2.70. The first-order valence-corrected chi connectivity index (χ1v) is 9.24. The van der Waals surface area contributed by atoms with E-state index in [-0.39, 0.29) is 5.75 Å². The highest BCUT2D eigenvalue weighted by atomic mass is 32.2. The molecule has 21 heavy (non-hydrogen) atoms. The maximum absolute atomic E-state index is 10.9. The van der Waals surface area contributed by atoms with Gasteiger partial charge in [0.2, 0.25) is 10.0 Å². The summed E-state index contributed by atoms with van der Waals surface area (Å²) in [5.74, 6) is 0.0151. The molecule has 0 aliphatic carbocycles. The fraction of sp³-hybridized carbons (Fsp3) is 0.600. The zero-order chi connectivity index (χ0) is 15.1. The molecule has 3 N–H and O–H groups in total. The topological polar surface area (TPSA) is 75.4 Å². The molecule has 0 unspecified atom stereocenters. The van der Waals surface area contributed by atoms with E-state index in [0.29, 0.717) is 12.6 Å². The van der Waals surface area contributed by atoms with Crippen LogP contribution in [0.3, 0.4) is 0 Å². The van der Waals surface area contributed by atoms with Crippen LogP contribution in [0, 0.1) is 0 Å². The summed E-state index contributed by atoms with van der Waals surface area (Å²) in [4.78, 5) is 2.48. The number of benzene rings is 1. The second-order valence-corrected chi connectivity index (χ2v) is 7.41. The Bertz CT molecular complexity index is 511. The van der Waals surface area contributed by atoms with Gasteiger partial charge in [0.1, 0.15) is 0 Å². The maximum atomic E-state index is 10.9. The van der Waals surface area contributed by atoms with Crippen molar-refractivity contribution in [1.82, 2.24) is 10.2 Å². The van der Waals surface area contributed by atoms with Gasteiger partial charge in [-0.05, 0) is 37.9 Å². The number of hydrogen-bond acceptors (Lipinski definition) is 4. The van der Waals surface area contributed by atoms with Gasteiger partial charge in [-0.2, -0.15) is 0 Å². The summed E-state index contributed by atoms with van der Waals surface area (Å²) in [6.45, 7) is 3.68. The van der Waals surface area contributed by atoms with Gasteiger partial charge in [0, 0.05) is 19.1 Å². The Morgan fingerprint density at radius 1 is 1.19 bits per heavy atom. The van der Waals surface area contributed by atoms with Gasteiger partial charge in [-0.25, -0.2) is 13.6 Å². The van der Waals surface area contributed by atoms with Gasteiger partial charge in [0.15, 0.2) is 0 Å². The van der Waals surface area contributed by atoms with Crippen LogP contribution in [0.2, 0.25) is 0 Å². The Labute approximate surface area is 127 Å². The van der Waals surface area contributed by atoms with Crippen molar-refractivity contribution < 1.29 is 8.42 Å². The molecule has 0 bridgehead atoms. The molecule has 0 radical (unpaired) electrons. The molecule has 1 saturated heterocycles. The summed E-state index contributed by atoms with van der Waals surface area (Å²) >= 11 is 0. The van der Waals surface area contributed by atoms with E-state index in [1.54, 1.807) is 0 Å². The Balaban J connectivity index is 1.62. The number of primary sulfonamides is 1. The fourth-order valence-corrected chi connectivity index (χ4v) is 3.10. The van der Waals surface area contributed by atoms with Crippen LogP contribution in [-0.4, -0.2) is 51.3 Å². The number of piperidine rings is 1. The van der Waals surface area contributed by atoms with Crippen molar-refractivity contribution in [2.45, 2.75) is 25.3 Å². The van der Waals surface area contributed by atoms with Crippen LogP contribution >= 0.6 is 0 Å². The van der Waals surface area contributed by atoms with Gasteiger partial charge in [-0.15, -0.1) is 0 Å². The molecule has 0 amide bonds. The van der Waals surface area contributed by atoms with Crippen molar-refractivity contribution in [2.75, 3.05) is 31.9 Å². The van der Waals surface area contributed by atoms with Crippen LogP contribution in [0.4, 0.5) is 0 Å². The minimum Gasteiger partial charge on any atom is -0.313 e. The van der Waals surface area contributed by atoms with E-state index >= 15 is 0 Å². The average Bonchev–Trinajstić information content (AvgIpc) is 2.46. The molecule has 1 heterocycles. The maximum Gasteiger partial charge on any atom is 0.210 e. The molecule has 6 heteroatoms.